The van der Waals surface area contributed by atoms with E-state index in [9.17, 15) is 19.1 Å². The molecule has 0 radical (unpaired) electrons. The molecule has 1 saturated heterocycles. The molecule has 0 saturated carbocycles. The number of nitrogens with one attached hydrogen (secondary N) is 2. The number of hydrogen-bond acceptors (Lipinski definition) is 8. The number of carbonyl (C=O) groups excluding carboxylic acids is 2. The van der Waals surface area contributed by atoms with Crippen molar-refractivity contribution in [2.24, 2.45) is 0 Å². The minimum absolute atomic E-state index is 0.0616. The molecule has 3 heterocycles. The van der Waals surface area contributed by atoms with Crippen molar-refractivity contribution in [3.8, 4) is 17.2 Å². The van der Waals surface area contributed by atoms with Gasteiger partial charge in [-0.2, -0.15) is 0 Å². The maximum absolute atomic E-state index is 14.6. The van der Waals surface area contributed by atoms with Crippen LogP contribution >= 0.6 is 11.3 Å². The molecule has 2 aliphatic rings. The predicted octanol–water partition coefficient (Wildman–Crippen LogP) is 5.15. The molecule has 0 aliphatic carbocycles. The number of likely N-dealkylation sites (tertiary alicyclic amines) is 1. The number of benzene rings is 3. The SMILES string of the molecule is O=C(Nc1ccc(F)c(NC(=O)c2cc3ccc(OC[C@@H](O)CN4CCCC4)cc3s2)c1)c1ccc2c(c1)OCCO2. The molecule has 11 heteroatoms. The van der Waals surface area contributed by atoms with E-state index in [0.717, 1.165) is 36.0 Å². The summed E-state index contributed by atoms with van der Waals surface area (Å²) in [6, 6.07) is 16.0. The number of hydrogen-bond donors (Lipinski definition) is 3. The number of aliphatic hydroxyl groups is 1. The third kappa shape index (κ3) is 6.48. The van der Waals surface area contributed by atoms with Crippen LogP contribution in [-0.4, -0.2) is 67.4 Å². The highest BCUT2D eigenvalue weighted by Crippen LogP contribution is 2.32. The van der Waals surface area contributed by atoms with Gasteiger partial charge in [-0.1, -0.05) is 0 Å². The number of rotatable bonds is 9. The Morgan fingerprint density at radius 3 is 2.60 bits per heavy atom. The number of fused-ring (bicyclic) bond motifs is 2. The Kier molecular flexibility index (Phi) is 8.22. The first-order valence-corrected chi connectivity index (χ1v) is 14.6. The maximum atomic E-state index is 14.6. The normalized spacial score (nSPS) is 15.4. The van der Waals surface area contributed by atoms with Crippen LogP contribution in [0.2, 0.25) is 0 Å². The van der Waals surface area contributed by atoms with Gasteiger partial charge in [-0.15, -0.1) is 11.3 Å². The lowest BCUT2D eigenvalue weighted by atomic mass is 10.1. The van der Waals surface area contributed by atoms with Crippen LogP contribution in [0.5, 0.6) is 17.2 Å². The molecular weight excluding hydrogens is 561 g/mol. The van der Waals surface area contributed by atoms with E-state index in [1.54, 1.807) is 30.3 Å². The van der Waals surface area contributed by atoms with Crippen LogP contribution in [-0.2, 0) is 0 Å². The number of anilines is 2. The molecule has 218 valence electrons. The Balaban J connectivity index is 1.09. The van der Waals surface area contributed by atoms with Gasteiger partial charge in [-0.05, 0) is 92.0 Å². The summed E-state index contributed by atoms with van der Waals surface area (Å²) < 4.78 is 32.3. The van der Waals surface area contributed by atoms with Gasteiger partial charge in [0.1, 0.15) is 37.5 Å². The van der Waals surface area contributed by atoms with Gasteiger partial charge in [0.15, 0.2) is 11.5 Å². The lowest BCUT2D eigenvalue weighted by Gasteiger charge is -2.19. The Morgan fingerprint density at radius 1 is 0.952 bits per heavy atom. The zero-order valence-corrected chi connectivity index (χ0v) is 23.5. The summed E-state index contributed by atoms with van der Waals surface area (Å²) in [6.07, 6.45) is 1.74. The highest BCUT2D eigenvalue weighted by molar-refractivity contribution is 7.20. The van der Waals surface area contributed by atoms with Crippen LogP contribution in [0.3, 0.4) is 0 Å². The summed E-state index contributed by atoms with van der Waals surface area (Å²) in [5, 5.41) is 16.5. The van der Waals surface area contributed by atoms with Crippen LogP contribution in [0.15, 0.2) is 60.7 Å². The van der Waals surface area contributed by atoms with Crippen LogP contribution in [0, 0.1) is 5.82 Å². The molecule has 42 heavy (non-hydrogen) atoms. The van der Waals surface area contributed by atoms with Crippen molar-refractivity contribution in [3.05, 3.63) is 76.9 Å². The fourth-order valence-electron chi connectivity index (χ4n) is 4.99. The van der Waals surface area contributed by atoms with Gasteiger partial charge in [0.2, 0.25) is 0 Å². The number of carbonyl (C=O) groups is 2. The van der Waals surface area contributed by atoms with E-state index in [1.807, 2.05) is 12.1 Å². The van der Waals surface area contributed by atoms with Gasteiger partial charge in [0, 0.05) is 22.5 Å². The third-order valence-corrected chi connectivity index (χ3v) is 8.20. The van der Waals surface area contributed by atoms with Crippen molar-refractivity contribution in [3.63, 3.8) is 0 Å². The van der Waals surface area contributed by atoms with Crippen LogP contribution in [0.4, 0.5) is 15.8 Å². The van der Waals surface area contributed by atoms with Crippen LogP contribution in [0.25, 0.3) is 10.1 Å². The molecule has 0 bridgehead atoms. The second kappa shape index (κ2) is 12.4. The lowest BCUT2D eigenvalue weighted by Crippen LogP contribution is -2.33. The van der Waals surface area contributed by atoms with Crippen molar-refractivity contribution in [1.82, 2.24) is 4.90 Å². The van der Waals surface area contributed by atoms with E-state index in [1.165, 1.54) is 29.5 Å². The predicted molar refractivity (Wildman–Crippen MR) is 159 cm³/mol. The summed E-state index contributed by atoms with van der Waals surface area (Å²) in [6.45, 7) is 3.63. The first kappa shape index (κ1) is 28.0. The van der Waals surface area contributed by atoms with Crippen molar-refractivity contribution in [2.75, 3.05) is 50.1 Å². The molecule has 9 nitrogen and oxygen atoms in total. The average molecular weight is 592 g/mol. The zero-order valence-electron chi connectivity index (χ0n) is 22.7. The number of thiophene rings is 1. The number of aliphatic hydroxyl groups excluding tert-OH is 1. The van der Waals surface area contributed by atoms with Gasteiger partial charge >= 0.3 is 0 Å². The molecule has 6 rings (SSSR count). The minimum atomic E-state index is -0.634. The summed E-state index contributed by atoms with van der Waals surface area (Å²) in [7, 11) is 0. The van der Waals surface area contributed by atoms with E-state index in [0.29, 0.717) is 53.1 Å². The number of nitrogens with zero attached hydrogens (tertiary/aromatic N) is 1. The van der Waals surface area contributed by atoms with E-state index >= 15 is 0 Å². The lowest BCUT2D eigenvalue weighted by molar-refractivity contribution is 0.0759. The van der Waals surface area contributed by atoms with Crippen molar-refractivity contribution >= 4 is 44.6 Å². The highest BCUT2D eigenvalue weighted by Gasteiger charge is 2.19. The number of β-amino-alcohol motifs (C(OH)–C–C–N with tert-alkyl or cyclic N) is 1. The fraction of sp³-hybridized carbons (Fsp3) is 0.290. The highest BCUT2D eigenvalue weighted by atomic mass is 32.1. The van der Waals surface area contributed by atoms with Crippen molar-refractivity contribution in [1.29, 1.82) is 0 Å². The average Bonchev–Trinajstić information content (AvgIpc) is 3.67. The number of amides is 2. The Bertz CT molecular complexity index is 1620. The molecule has 1 fully saturated rings. The molecule has 1 atom stereocenters. The quantitative estimate of drug-likeness (QED) is 0.247. The molecule has 0 spiro atoms. The van der Waals surface area contributed by atoms with E-state index < -0.39 is 23.7 Å². The molecule has 3 N–H and O–H groups in total. The van der Waals surface area contributed by atoms with Crippen molar-refractivity contribution in [2.45, 2.75) is 18.9 Å². The monoisotopic (exact) mass is 591 g/mol. The summed E-state index contributed by atoms with van der Waals surface area (Å²) in [5.41, 5.74) is 0.606. The Hall–Kier alpha value is -4.19. The topological polar surface area (TPSA) is 109 Å². The first-order valence-electron chi connectivity index (χ1n) is 13.8. The molecule has 2 amide bonds. The molecule has 4 aromatic rings. The second-order valence-electron chi connectivity index (χ2n) is 10.2. The Morgan fingerprint density at radius 2 is 1.76 bits per heavy atom. The number of ether oxygens (including phenoxy) is 3. The van der Waals surface area contributed by atoms with Gasteiger partial charge in [0.05, 0.1) is 10.6 Å². The summed E-state index contributed by atoms with van der Waals surface area (Å²) in [5.74, 6) is 0.129. The van der Waals surface area contributed by atoms with Gasteiger partial charge in [-0.3, -0.25) is 9.59 Å². The zero-order chi connectivity index (χ0) is 29.1. The minimum Gasteiger partial charge on any atom is -0.491 e. The van der Waals surface area contributed by atoms with Gasteiger partial charge < -0.3 is 34.9 Å². The van der Waals surface area contributed by atoms with Crippen LogP contribution < -0.4 is 24.8 Å². The molecule has 2 aliphatic heterocycles. The van der Waals surface area contributed by atoms with Gasteiger partial charge in [-0.25, -0.2) is 4.39 Å². The van der Waals surface area contributed by atoms with Crippen LogP contribution in [0.1, 0.15) is 32.9 Å². The smallest absolute Gasteiger partial charge is 0.265 e. The third-order valence-electron chi connectivity index (χ3n) is 7.10. The van der Waals surface area contributed by atoms with E-state index in [2.05, 4.69) is 15.5 Å². The second-order valence-corrected chi connectivity index (χ2v) is 11.3. The fourth-order valence-corrected chi connectivity index (χ4v) is 5.98. The van der Waals surface area contributed by atoms with E-state index in [-0.39, 0.29) is 12.3 Å². The molecule has 3 aromatic carbocycles. The molecule has 0 unspecified atom stereocenters. The van der Waals surface area contributed by atoms with Crippen molar-refractivity contribution < 1.29 is 33.3 Å². The molecule has 1 aromatic heterocycles. The largest absolute Gasteiger partial charge is 0.491 e. The Labute approximate surface area is 245 Å². The van der Waals surface area contributed by atoms with Gasteiger partial charge in [0.25, 0.3) is 11.8 Å². The molecular formula is C31H30FN3O6S. The summed E-state index contributed by atoms with van der Waals surface area (Å²) >= 11 is 1.25. The maximum Gasteiger partial charge on any atom is 0.265 e. The standard InChI is InChI=1S/C31H30FN3O6S/c32-24-7-5-21(33-30(37)20-4-8-26-27(13-20)40-12-11-39-26)15-25(24)34-31(38)29-14-19-3-6-23(16-28(19)42-29)41-18-22(36)17-35-9-1-2-10-35/h3-8,13-16,22,36H,1-2,9-12,17-18H2,(H,33,37)(H,34,38)/t22-/m0/s1. The number of halogens is 1. The van der Waals surface area contributed by atoms with E-state index in [4.69, 9.17) is 14.2 Å². The summed E-state index contributed by atoms with van der Waals surface area (Å²) in [4.78, 5) is 28.5. The first-order chi connectivity index (χ1) is 20.4.